The molecule has 0 aromatic rings. The Kier molecular flexibility index (Phi) is 2.02. The number of hydrogen-bond donors (Lipinski definition) is 0. The minimum absolute atomic E-state index is 0.227. The van der Waals surface area contributed by atoms with Crippen LogP contribution >= 0.6 is 0 Å². The molecule has 0 aromatic heterocycles. The van der Waals surface area contributed by atoms with Crippen LogP contribution < -0.4 is 0 Å². The molecule has 1 saturated heterocycles. The zero-order valence-corrected chi connectivity index (χ0v) is 8.52. The molecule has 0 spiro atoms. The summed E-state index contributed by atoms with van der Waals surface area (Å²) >= 11 is -1.49. The van der Waals surface area contributed by atoms with Gasteiger partial charge in [0.2, 0.25) is 11.1 Å². The molecule has 1 aliphatic heterocycles. The Morgan fingerprint density at radius 2 is 2.23 bits per heavy atom. The summed E-state index contributed by atoms with van der Waals surface area (Å²) in [7, 11) is 0. The fraction of sp³-hybridized carbons (Fsp3) is 0.667. The van der Waals surface area contributed by atoms with E-state index in [1.54, 1.807) is 0 Å². The molecule has 1 fully saturated rings. The third-order valence-electron chi connectivity index (χ3n) is 2.84. The number of hydrogen-bond acceptors (Lipinski definition) is 3. The highest BCUT2D eigenvalue weighted by molar-refractivity contribution is 7.85. The van der Waals surface area contributed by atoms with Gasteiger partial charge in [0.1, 0.15) is 0 Å². The van der Waals surface area contributed by atoms with Crippen molar-refractivity contribution in [2.75, 3.05) is 0 Å². The minimum Gasteiger partial charge on any atom is -0.360 e. The van der Waals surface area contributed by atoms with Gasteiger partial charge in [-0.3, -0.25) is 4.79 Å². The highest BCUT2D eigenvalue weighted by Gasteiger charge is 2.44. The predicted octanol–water partition coefficient (Wildman–Crippen LogP) is 1.53. The average Bonchev–Trinajstić information content (AvgIpc) is 2.36. The van der Waals surface area contributed by atoms with Gasteiger partial charge in [0.05, 0.1) is 10.8 Å². The molecule has 3 atom stereocenters. The van der Waals surface area contributed by atoms with Crippen molar-refractivity contribution in [1.29, 1.82) is 0 Å². The van der Waals surface area contributed by atoms with Gasteiger partial charge >= 0.3 is 5.97 Å². The van der Waals surface area contributed by atoms with E-state index in [-0.39, 0.29) is 17.8 Å². The Balaban J connectivity index is 2.48. The van der Waals surface area contributed by atoms with E-state index in [4.69, 9.17) is 4.18 Å². The van der Waals surface area contributed by atoms with Crippen LogP contribution in [0.4, 0.5) is 0 Å². The van der Waals surface area contributed by atoms with Crippen molar-refractivity contribution in [3.63, 3.8) is 0 Å². The summed E-state index contributed by atoms with van der Waals surface area (Å²) in [4.78, 5) is 12.1. The van der Waals surface area contributed by atoms with Crippen molar-refractivity contribution in [3.8, 4) is 0 Å². The summed E-state index contributed by atoms with van der Waals surface area (Å²) in [5.41, 5.74) is 1.08. The Morgan fingerprint density at radius 3 is 2.85 bits per heavy atom. The smallest absolute Gasteiger partial charge is 0.328 e. The molecule has 0 amide bonds. The van der Waals surface area contributed by atoms with Crippen LogP contribution in [-0.4, -0.2) is 10.2 Å². The standard InChI is InChI=1S/C9H12O3S/c1-5-3-4-6(2)8-7(5)9(10)12-13(8)11/h5,7H,3-4H2,1-2H3. The predicted molar refractivity (Wildman–Crippen MR) is 48.8 cm³/mol. The highest BCUT2D eigenvalue weighted by atomic mass is 32.2. The highest BCUT2D eigenvalue weighted by Crippen LogP contribution is 2.41. The van der Waals surface area contributed by atoms with Gasteiger partial charge in [-0.05, 0) is 25.7 Å². The van der Waals surface area contributed by atoms with Gasteiger partial charge in [0.15, 0.2) is 0 Å². The maximum atomic E-state index is 11.4. The molecule has 13 heavy (non-hydrogen) atoms. The van der Waals surface area contributed by atoms with E-state index in [0.29, 0.717) is 0 Å². The first-order valence-electron chi connectivity index (χ1n) is 4.45. The second-order valence-electron chi connectivity index (χ2n) is 3.78. The van der Waals surface area contributed by atoms with Crippen molar-refractivity contribution >= 4 is 17.0 Å². The number of carbonyl (C=O) groups excluding carboxylic acids is 1. The van der Waals surface area contributed by atoms with Crippen LogP contribution in [0.15, 0.2) is 10.5 Å². The van der Waals surface area contributed by atoms with E-state index in [2.05, 4.69) is 0 Å². The Hall–Kier alpha value is -0.640. The topological polar surface area (TPSA) is 43.4 Å². The monoisotopic (exact) mass is 200 g/mol. The van der Waals surface area contributed by atoms with Gasteiger partial charge in [0.25, 0.3) is 0 Å². The van der Waals surface area contributed by atoms with E-state index >= 15 is 0 Å². The van der Waals surface area contributed by atoms with Crippen LogP contribution in [0, 0.1) is 11.8 Å². The Bertz CT molecular complexity index is 319. The first kappa shape index (κ1) is 8.94. The molecular formula is C9H12O3S. The van der Waals surface area contributed by atoms with Gasteiger partial charge in [-0.25, -0.2) is 4.21 Å². The summed E-state index contributed by atoms with van der Waals surface area (Å²) < 4.78 is 16.1. The summed E-state index contributed by atoms with van der Waals surface area (Å²) in [6.45, 7) is 3.95. The molecule has 2 rings (SSSR count). The SMILES string of the molecule is CC1=C2C(C(=O)OS2=O)C(C)CC1. The molecule has 72 valence electrons. The molecular weight excluding hydrogens is 188 g/mol. The van der Waals surface area contributed by atoms with Crippen LogP contribution in [0.25, 0.3) is 0 Å². The van der Waals surface area contributed by atoms with E-state index in [1.807, 2.05) is 13.8 Å². The first-order chi connectivity index (χ1) is 6.11. The Labute approximate surface area is 79.8 Å². The van der Waals surface area contributed by atoms with Gasteiger partial charge in [-0.15, -0.1) is 0 Å². The van der Waals surface area contributed by atoms with Crippen molar-refractivity contribution in [2.24, 2.45) is 11.8 Å². The van der Waals surface area contributed by atoms with Crippen molar-refractivity contribution < 1.29 is 13.2 Å². The lowest BCUT2D eigenvalue weighted by atomic mass is 9.82. The van der Waals surface area contributed by atoms with Crippen LogP contribution in [0.1, 0.15) is 26.7 Å². The summed E-state index contributed by atoms with van der Waals surface area (Å²) in [5.74, 6) is -0.257. The van der Waals surface area contributed by atoms with Gasteiger partial charge in [-0.1, -0.05) is 12.5 Å². The van der Waals surface area contributed by atoms with E-state index in [1.165, 1.54) is 0 Å². The quantitative estimate of drug-likeness (QED) is 0.595. The van der Waals surface area contributed by atoms with Crippen LogP contribution in [-0.2, 0) is 20.1 Å². The molecule has 1 aliphatic carbocycles. The molecule has 3 nitrogen and oxygen atoms in total. The molecule has 3 unspecified atom stereocenters. The van der Waals surface area contributed by atoms with Gasteiger partial charge < -0.3 is 4.18 Å². The van der Waals surface area contributed by atoms with E-state index in [9.17, 15) is 9.00 Å². The molecule has 2 aliphatic rings. The lowest BCUT2D eigenvalue weighted by Crippen LogP contribution is -2.22. The first-order valence-corrected chi connectivity index (χ1v) is 5.52. The van der Waals surface area contributed by atoms with Crippen LogP contribution in [0.2, 0.25) is 0 Å². The second-order valence-corrected chi connectivity index (χ2v) is 4.85. The number of allylic oxidation sites excluding steroid dienone is 1. The third-order valence-corrected chi connectivity index (χ3v) is 4.12. The largest absolute Gasteiger partial charge is 0.360 e. The zero-order chi connectivity index (χ0) is 9.59. The summed E-state index contributed by atoms with van der Waals surface area (Å²) in [6.07, 6.45) is 1.93. The molecule has 0 radical (unpaired) electrons. The van der Waals surface area contributed by atoms with E-state index in [0.717, 1.165) is 23.3 Å². The van der Waals surface area contributed by atoms with Gasteiger partial charge in [0, 0.05) is 0 Å². The fourth-order valence-corrected chi connectivity index (χ4v) is 3.28. The normalized spacial score (nSPS) is 38.9. The van der Waals surface area contributed by atoms with E-state index < -0.39 is 11.1 Å². The summed E-state index contributed by atoms with van der Waals surface area (Å²) in [5, 5.41) is 0. The zero-order valence-electron chi connectivity index (χ0n) is 7.70. The minimum atomic E-state index is -1.49. The van der Waals surface area contributed by atoms with Gasteiger partial charge in [-0.2, -0.15) is 0 Å². The number of carbonyl (C=O) groups is 1. The molecule has 0 aromatic carbocycles. The third kappa shape index (κ3) is 1.24. The second kappa shape index (κ2) is 2.94. The maximum Gasteiger partial charge on any atom is 0.328 e. The summed E-state index contributed by atoms with van der Waals surface area (Å²) in [6, 6.07) is 0. The molecule has 1 heterocycles. The number of rotatable bonds is 0. The lowest BCUT2D eigenvalue weighted by molar-refractivity contribution is -0.136. The number of fused-ring (bicyclic) bond motifs is 1. The van der Waals surface area contributed by atoms with Crippen molar-refractivity contribution in [3.05, 3.63) is 10.5 Å². The molecule has 0 bridgehead atoms. The van der Waals surface area contributed by atoms with Crippen LogP contribution in [0.5, 0.6) is 0 Å². The maximum absolute atomic E-state index is 11.4. The Morgan fingerprint density at radius 1 is 1.54 bits per heavy atom. The molecule has 0 saturated carbocycles. The van der Waals surface area contributed by atoms with Crippen molar-refractivity contribution in [1.82, 2.24) is 0 Å². The van der Waals surface area contributed by atoms with Crippen LogP contribution in [0.3, 0.4) is 0 Å². The molecule has 4 heteroatoms. The average molecular weight is 200 g/mol. The lowest BCUT2D eigenvalue weighted by Gasteiger charge is -2.22. The van der Waals surface area contributed by atoms with Crippen molar-refractivity contribution in [2.45, 2.75) is 26.7 Å². The fourth-order valence-electron chi connectivity index (χ4n) is 2.01. The molecule has 0 N–H and O–H groups in total.